The van der Waals surface area contributed by atoms with Crippen LogP contribution in [0.2, 0.25) is 0 Å². The van der Waals surface area contributed by atoms with E-state index >= 15 is 0 Å². The van der Waals surface area contributed by atoms with Crippen LogP contribution < -0.4 is 5.48 Å². The van der Waals surface area contributed by atoms with Gasteiger partial charge in [-0.05, 0) is 24.3 Å². The highest BCUT2D eigenvalue weighted by Gasteiger charge is 2.32. The SMILES string of the molecule is COCCONC(c1ccccc1)C1CC1. The minimum absolute atomic E-state index is 0.332. The van der Waals surface area contributed by atoms with Crippen LogP contribution in [0.1, 0.15) is 24.4 Å². The highest BCUT2D eigenvalue weighted by molar-refractivity contribution is 5.20. The molecule has 0 aromatic heterocycles. The van der Waals surface area contributed by atoms with Crippen LogP contribution in [-0.2, 0) is 9.57 Å². The maximum atomic E-state index is 5.42. The fourth-order valence-electron chi connectivity index (χ4n) is 1.80. The lowest BCUT2D eigenvalue weighted by Gasteiger charge is -2.18. The summed E-state index contributed by atoms with van der Waals surface area (Å²) in [6, 6.07) is 10.8. The molecule has 0 amide bonds. The Bertz CT molecular complexity index is 298. The van der Waals surface area contributed by atoms with Crippen LogP contribution in [0.5, 0.6) is 0 Å². The van der Waals surface area contributed by atoms with Crippen molar-refractivity contribution in [2.24, 2.45) is 5.92 Å². The van der Waals surface area contributed by atoms with Gasteiger partial charge in [0.05, 0.1) is 19.3 Å². The Hall–Kier alpha value is -0.900. The largest absolute Gasteiger partial charge is 0.382 e. The highest BCUT2D eigenvalue weighted by atomic mass is 16.7. The molecule has 0 aliphatic heterocycles. The molecule has 0 spiro atoms. The molecular weight excluding hydrogens is 202 g/mol. The number of hydrogen-bond donors (Lipinski definition) is 1. The van der Waals surface area contributed by atoms with Crippen LogP contribution in [0, 0.1) is 5.92 Å². The van der Waals surface area contributed by atoms with E-state index < -0.39 is 0 Å². The van der Waals surface area contributed by atoms with Crippen molar-refractivity contribution in [2.45, 2.75) is 18.9 Å². The Balaban J connectivity index is 1.86. The van der Waals surface area contributed by atoms with Gasteiger partial charge in [-0.25, -0.2) is 0 Å². The summed E-state index contributed by atoms with van der Waals surface area (Å²) in [7, 11) is 1.68. The first kappa shape index (κ1) is 11.6. The summed E-state index contributed by atoms with van der Waals surface area (Å²) >= 11 is 0. The quantitative estimate of drug-likeness (QED) is 0.566. The monoisotopic (exact) mass is 221 g/mol. The van der Waals surface area contributed by atoms with Gasteiger partial charge < -0.3 is 4.74 Å². The molecule has 1 saturated carbocycles. The Morgan fingerprint density at radius 2 is 2.00 bits per heavy atom. The van der Waals surface area contributed by atoms with Crippen molar-refractivity contribution < 1.29 is 9.57 Å². The minimum Gasteiger partial charge on any atom is -0.382 e. The smallest absolute Gasteiger partial charge is 0.0916 e. The molecule has 3 heteroatoms. The fourth-order valence-corrected chi connectivity index (χ4v) is 1.80. The van der Waals surface area contributed by atoms with Gasteiger partial charge in [-0.3, -0.25) is 4.84 Å². The molecule has 1 aliphatic rings. The third-order valence-corrected chi connectivity index (χ3v) is 2.85. The molecule has 0 heterocycles. The number of rotatable bonds is 7. The van der Waals surface area contributed by atoms with Gasteiger partial charge in [-0.2, -0.15) is 5.48 Å². The molecule has 1 N–H and O–H groups in total. The van der Waals surface area contributed by atoms with Gasteiger partial charge in [-0.1, -0.05) is 30.3 Å². The van der Waals surface area contributed by atoms with Crippen LogP contribution in [0.25, 0.3) is 0 Å². The van der Waals surface area contributed by atoms with Gasteiger partial charge in [0, 0.05) is 7.11 Å². The topological polar surface area (TPSA) is 30.5 Å². The average Bonchev–Trinajstić information content (AvgIpc) is 3.15. The van der Waals surface area contributed by atoms with E-state index in [9.17, 15) is 0 Å². The zero-order valence-corrected chi connectivity index (χ0v) is 9.69. The van der Waals surface area contributed by atoms with Gasteiger partial charge in [0.15, 0.2) is 0 Å². The molecular formula is C13H19NO2. The Morgan fingerprint density at radius 3 is 2.62 bits per heavy atom. The first-order chi connectivity index (χ1) is 7.92. The third-order valence-electron chi connectivity index (χ3n) is 2.85. The zero-order valence-electron chi connectivity index (χ0n) is 9.69. The molecule has 0 bridgehead atoms. The molecule has 3 nitrogen and oxygen atoms in total. The maximum Gasteiger partial charge on any atom is 0.0916 e. The molecule has 16 heavy (non-hydrogen) atoms. The van der Waals surface area contributed by atoms with Crippen LogP contribution in [0.4, 0.5) is 0 Å². The molecule has 88 valence electrons. The van der Waals surface area contributed by atoms with E-state index in [-0.39, 0.29) is 0 Å². The summed E-state index contributed by atoms with van der Waals surface area (Å²) < 4.78 is 4.94. The van der Waals surface area contributed by atoms with E-state index in [1.807, 2.05) is 6.07 Å². The minimum atomic E-state index is 0.332. The zero-order chi connectivity index (χ0) is 11.2. The van der Waals surface area contributed by atoms with Crippen LogP contribution in [0.3, 0.4) is 0 Å². The van der Waals surface area contributed by atoms with E-state index in [0.717, 1.165) is 5.92 Å². The predicted octanol–water partition coefficient (Wildman–Crippen LogP) is 2.31. The van der Waals surface area contributed by atoms with Crippen molar-refractivity contribution in [2.75, 3.05) is 20.3 Å². The van der Waals surface area contributed by atoms with Gasteiger partial charge >= 0.3 is 0 Å². The fraction of sp³-hybridized carbons (Fsp3) is 0.538. The van der Waals surface area contributed by atoms with E-state index in [4.69, 9.17) is 9.57 Å². The van der Waals surface area contributed by atoms with Gasteiger partial charge in [-0.15, -0.1) is 0 Å². The van der Waals surface area contributed by atoms with Crippen molar-refractivity contribution in [1.29, 1.82) is 0 Å². The number of methoxy groups -OCH3 is 1. The van der Waals surface area contributed by atoms with Crippen LogP contribution in [-0.4, -0.2) is 20.3 Å². The molecule has 0 saturated heterocycles. The number of hydrogen-bond acceptors (Lipinski definition) is 3. The Kier molecular flexibility index (Phi) is 4.34. The molecule has 1 aliphatic carbocycles. The molecule has 1 aromatic carbocycles. The van der Waals surface area contributed by atoms with Gasteiger partial charge in [0.2, 0.25) is 0 Å². The lowest BCUT2D eigenvalue weighted by Crippen LogP contribution is -2.25. The maximum absolute atomic E-state index is 5.42. The van der Waals surface area contributed by atoms with Crippen molar-refractivity contribution in [3.63, 3.8) is 0 Å². The first-order valence-corrected chi connectivity index (χ1v) is 5.83. The lowest BCUT2D eigenvalue weighted by atomic mass is 10.0. The standard InChI is InChI=1S/C13H19NO2/c1-15-9-10-16-14-13(12-7-8-12)11-5-3-2-4-6-11/h2-6,12-14H,7-10H2,1H3. The summed E-state index contributed by atoms with van der Waals surface area (Å²) in [6.07, 6.45) is 2.58. The van der Waals surface area contributed by atoms with E-state index in [2.05, 4.69) is 29.7 Å². The predicted molar refractivity (Wildman–Crippen MR) is 62.9 cm³/mol. The van der Waals surface area contributed by atoms with Crippen LogP contribution >= 0.6 is 0 Å². The Morgan fingerprint density at radius 1 is 1.25 bits per heavy atom. The summed E-state index contributed by atoms with van der Waals surface area (Å²) in [4.78, 5) is 5.42. The van der Waals surface area contributed by atoms with E-state index in [1.54, 1.807) is 7.11 Å². The van der Waals surface area contributed by atoms with Crippen molar-refractivity contribution in [3.8, 4) is 0 Å². The lowest BCUT2D eigenvalue weighted by molar-refractivity contribution is -0.0165. The third kappa shape index (κ3) is 3.30. The molecule has 1 aromatic rings. The number of ether oxygens (including phenoxy) is 1. The second-order valence-corrected chi connectivity index (χ2v) is 4.18. The molecule has 1 unspecified atom stereocenters. The number of hydroxylamine groups is 1. The van der Waals surface area contributed by atoms with Gasteiger partial charge in [0.1, 0.15) is 0 Å². The summed E-state index contributed by atoms with van der Waals surface area (Å²) in [5, 5.41) is 0. The molecule has 1 atom stereocenters. The average molecular weight is 221 g/mol. The summed E-state index contributed by atoms with van der Waals surface area (Å²) in [5.74, 6) is 0.727. The van der Waals surface area contributed by atoms with Crippen molar-refractivity contribution in [3.05, 3.63) is 35.9 Å². The van der Waals surface area contributed by atoms with Gasteiger partial charge in [0.25, 0.3) is 0 Å². The Labute approximate surface area is 96.7 Å². The second kappa shape index (κ2) is 5.99. The molecule has 1 fully saturated rings. The van der Waals surface area contributed by atoms with Crippen molar-refractivity contribution >= 4 is 0 Å². The normalized spacial score (nSPS) is 17.3. The molecule has 0 radical (unpaired) electrons. The summed E-state index contributed by atoms with van der Waals surface area (Å²) in [5.41, 5.74) is 4.46. The van der Waals surface area contributed by atoms with E-state index in [1.165, 1.54) is 18.4 Å². The molecule has 2 rings (SSSR count). The number of benzene rings is 1. The summed E-state index contributed by atoms with van der Waals surface area (Å²) in [6.45, 7) is 1.21. The highest BCUT2D eigenvalue weighted by Crippen LogP contribution is 2.40. The van der Waals surface area contributed by atoms with Crippen LogP contribution in [0.15, 0.2) is 30.3 Å². The first-order valence-electron chi connectivity index (χ1n) is 5.83. The van der Waals surface area contributed by atoms with Crippen molar-refractivity contribution in [1.82, 2.24) is 5.48 Å². The van der Waals surface area contributed by atoms with E-state index in [0.29, 0.717) is 19.3 Å². The second-order valence-electron chi connectivity index (χ2n) is 4.18. The number of nitrogens with one attached hydrogen (secondary N) is 1.